The van der Waals surface area contributed by atoms with Gasteiger partial charge in [0.2, 0.25) is 0 Å². The molecule has 3 aromatic carbocycles. The van der Waals surface area contributed by atoms with Gasteiger partial charge in [0, 0.05) is 15.4 Å². The highest BCUT2D eigenvalue weighted by Gasteiger charge is 2.14. The largest absolute Gasteiger partial charge is 0.306 e. The van der Waals surface area contributed by atoms with Crippen molar-refractivity contribution in [3.05, 3.63) is 83.3 Å². The summed E-state index contributed by atoms with van der Waals surface area (Å²) in [6.45, 7) is 0. The molecule has 0 spiro atoms. The van der Waals surface area contributed by atoms with Gasteiger partial charge in [-0.3, -0.25) is 0 Å². The van der Waals surface area contributed by atoms with Crippen LogP contribution in [-0.2, 0) is 0 Å². The Labute approximate surface area is 147 Å². The van der Waals surface area contributed by atoms with Crippen molar-refractivity contribution < 1.29 is 0 Å². The maximum atomic E-state index is 4.98. The highest BCUT2D eigenvalue weighted by Crippen LogP contribution is 2.34. The maximum absolute atomic E-state index is 4.98. The molecule has 0 aliphatic rings. The van der Waals surface area contributed by atoms with Crippen molar-refractivity contribution in [1.29, 1.82) is 0 Å². The van der Waals surface area contributed by atoms with Crippen molar-refractivity contribution in [1.82, 2.24) is 9.38 Å². The van der Waals surface area contributed by atoms with Crippen LogP contribution in [0.15, 0.2) is 83.3 Å². The molecule has 0 atom stereocenters. The zero-order chi connectivity index (χ0) is 16.1. The molecular formula is C21H13BrN2. The second-order valence-electron chi connectivity index (χ2n) is 5.85. The molecule has 2 heterocycles. The van der Waals surface area contributed by atoms with E-state index in [9.17, 15) is 0 Å². The molecule has 5 aromatic rings. The van der Waals surface area contributed by atoms with E-state index in [1.54, 1.807) is 0 Å². The first-order chi connectivity index (χ1) is 11.8. The number of aromatic nitrogens is 2. The van der Waals surface area contributed by atoms with Gasteiger partial charge in [-0.05, 0) is 30.3 Å². The monoisotopic (exact) mass is 372 g/mol. The maximum Gasteiger partial charge on any atom is 0.0962 e. The van der Waals surface area contributed by atoms with E-state index in [-0.39, 0.29) is 0 Å². The molecule has 114 valence electrons. The van der Waals surface area contributed by atoms with Crippen LogP contribution in [-0.4, -0.2) is 9.38 Å². The number of rotatable bonds is 1. The third kappa shape index (κ3) is 1.91. The second kappa shape index (κ2) is 5.18. The van der Waals surface area contributed by atoms with E-state index in [1.807, 2.05) is 12.1 Å². The van der Waals surface area contributed by atoms with Crippen LogP contribution < -0.4 is 0 Å². The Morgan fingerprint density at radius 2 is 1.42 bits per heavy atom. The third-order valence-corrected chi connectivity index (χ3v) is 5.13. The van der Waals surface area contributed by atoms with Crippen molar-refractivity contribution in [2.24, 2.45) is 0 Å². The molecule has 0 amide bonds. The van der Waals surface area contributed by atoms with Gasteiger partial charge < -0.3 is 4.40 Å². The molecule has 0 N–H and O–H groups in total. The van der Waals surface area contributed by atoms with Gasteiger partial charge in [0.1, 0.15) is 0 Å². The summed E-state index contributed by atoms with van der Waals surface area (Å²) in [5.41, 5.74) is 6.57. The minimum Gasteiger partial charge on any atom is -0.306 e. The summed E-state index contributed by atoms with van der Waals surface area (Å²) < 4.78 is 3.37. The summed E-state index contributed by atoms with van der Waals surface area (Å²) in [6, 6.07) is 27.3. The van der Waals surface area contributed by atoms with Gasteiger partial charge in [-0.1, -0.05) is 64.5 Å². The molecule has 5 rings (SSSR count). The summed E-state index contributed by atoms with van der Waals surface area (Å²) in [7, 11) is 0. The van der Waals surface area contributed by atoms with Crippen LogP contribution in [0.2, 0.25) is 0 Å². The van der Waals surface area contributed by atoms with Gasteiger partial charge in [0.05, 0.1) is 27.8 Å². The van der Waals surface area contributed by atoms with E-state index in [0.717, 1.165) is 32.3 Å². The van der Waals surface area contributed by atoms with Crippen LogP contribution in [0.4, 0.5) is 0 Å². The summed E-state index contributed by atoms with van der Waals surface area (Å²) in [5, 5.41) is 1.23. The molecular weight excluding hydrogens is 360 g/mol. The highest BCUT2D eigenvalue weighted by molar-refractivity contribution is 9.10. The lowest BCUT2D eigenvalue weighted by atomic mass is 10.1. The molecule has 0 aliphatic heterocycles. The van der Waals surface area contributed by atoms with Gasteiger partial charge in [0.15, 0.2) is 0 Å². The Bertz CT molecular complexity index is 1220. The number of hydrogen-bond donors (Lipinski definition) is 0. The van der Waals surface area contributed by atoms with Crippen LogP contribution in [0, 0.1) is 0 Å². The molecule has 2 nitrogen and oxygen atoms in total. The van der Waals surface area contributed by atoms with E-state index >= 15 is 0 Å². The number of halogens is 1. The van der Waals surface area contributed by atoms with Gasteiger partial charge in [0.25, 0.3) is 0 Å². The molecule has 0 saturated carbocycles. The quantitative estimate of drug-likeness (QED) is 0.349. The van der Waals surface area contributed by atoms with Gasteiger partial charge in [-0.15, -0.1) is 0 Å². The predicted octanol–water partition coefficient (Wildman–Crippen LogP) is 6.07. The fourth-order valence-corrected chi connectivity index (χ4v) is 3.84. The number of benzene rings is 3. The molecule has 2 aromatic heterocycles. The fraction of sp³-hybridized carbons (Fsp3) is 0. The zero-order valence-electron chi connectivity index (χ0n) is 12.8. The Morgan fingerprint density at radius 3 is 2.29 bits per heavy atom. The lowest BCUT2D eigenvalue weighted by Crippen LogP contribution is -1.95. The Balaban J connectivity index is 2.05. The van der Waals surface area contributed by atoms with E-state index in [1.165, 1.54) is 10.9 Å². The average molecular weight is 373 g/mol. The first-order valence-corrected chi connectivity index (χ1v) is 8.66. The van der Waals surface area contributed by atoms with Crippen LogP contribution in [0.1, 0.15) is 0 Å². The molecule has 3 heteroatoms. The Morgan fingerprint density at radius 1 is 0.708 bits per heavy atom. The molecule has 0 saturated heterocycles. The van der Waals surface area contributed by atoms with Crippen LogP contribution in [0.5, 0.6) is 0 Å². The molecule has 0 aliphatic carbocycles. The molecule has 24 heavy (non-hydrogen) atoms. The van der Waals surface area contributed by atoms with Gasteiger partial charge in [-0.2, -0.15) is 0 Å². The van der Waals surface area contributed by atoms with Crippen molar-refractivity contribution in [2.75, 3.05) is 0 Å². The third-order valence-electron chi connectivity index (χ3n) is 4.44. The number of fused-ring (bicyclic) bond motifs is 5. The number of nitrogens with zero attached hydrogens (tertiary/aromatic N) is 2. The standard InChI is InChI=1S/C21H13BrN2/c22-16-9-3-2-8-15(16)21-20-13-14-7-1-5-11-18(14)24(20)19-12-6-4-10-17(19)23-21/h1-13H. The van der Waals surface area contributed by atoms with Crippen molar-refractivity contribution in [3.8, 4) is 11.3 Å². The fourth-order valence-electron chi connectivity index (χ4n) is 3.37. The second-order valence-corrected chi connectivity index (χ2v) is 6.71. The van der Waals surface area contributed by atoms with Crippen molar-refractivity contribution >= 4 is 43.4 Å². The minimum absolute atomic E-state index is 0.997. The zero-order valence-corrected chi connectivity index (χ0v) is 14.4. The SMILES string of the molecule is Brc1ccccc1-c1nc2ccccc2n2c1cc1ccccc12. The minimum atomic E-state index is 0.997. The molecule has 0 radical (unpaired) electrons. The topological polar surface area (TPSA) is 17.3 Å². The summed E-state index contributed by atoms with van der Waals surface area (Å²) >= 11 is 3.68. The first kappa shape index (κ1) is 13.8. The van der Waals surface area contributed by atoms with Crippen molar-refractivity contribution in [3.63, 3.8) is 0 Å². The molecule has 0 bridgehead atoms. The predicted molar refractivity (Wildman–Crippen MR) is 103 cm³/mol. The smallest absolute Gasteiger partial charge is 0.0962 e. The van der Waals surface area contributed by atoms with Gasteiger partial charge >= 0.3 is 0 Å². The number of para-hydroxylation sites is 3. The Kier molecular flexibility index (Phi) is 2.97. The normalized spacial score (nSPS) is 11.5. The lowest BCUT2D eigenvalue weighted by Gasteiger charge is -2.10. The highest BCUT2D eigenvalue weighted by atomic mass is 79.9. The van der Waals surface area contributed by atoms with E-state index < -0.39 is 0 Å². The number of hydrogen-bond acceptors (Lipinski definition) is 1. The first-order valence-electron chi connectivity index (χ1n) is 7.87. The molecule has 0 unspecified atom stereocenters. The summed E-state index contributed by atoms with van der Waals surface area (Å²) in [6.07, 6.45) is 0. The van der Waals surface area contributed by atoms with E-state index in [0.29, 0.717) is 0 Å². The lowest BCUT2D eigenvalue weighted by molar-refractivity contribution is 1.27. The summed E-state index contributed by atoms with van der Waals surface area (Å²) in [4.78, 5) is 4.98. The summed E-state index contributed by atoms with van der Waals surface area (Å²) in [5.74, 6) is 0. The van der Waals surface area contributed by atoms with Crippen LogP contribution in [0.25, 0.3) is 38.7 Å². The average Bonchev–Trinajstić information content (AvgIpc) is 3.01. The van der Waals surface area contributed by atoms with Crippen molar-refractivity contribution in [2.45, 2.75) is 0 Å². The molecule has 0 fully saturated rings. The van der Waals surface area contributed by atoms with E-state index in [2.05, 4.69) is 87.1 Å². The van der Waals surface area contributed by atoms with Crippen LogP contribution in [0.3, 0.4) is 0 Å². The van der Waals surface area contributed by atoms with E-state index in [4.69, 9.17) is 4.98 Å². The van der Waals surface area contributed by atoms with Gasteiger partial charge in [-0.25, -0.2) is 4.98 Å². The Hall–Kier alpha value is -2.65. The van der Waals surface area contributed by atoms with Crippen LogP contribution >= 0.6 is 15.9 Å².